The van der Waals surface area contributed by atoms with Crippen LogP contribution >= 0.6 is 0 Å². The first-order chi connectivity index (χ1) is 5.63. The summed E-state index contributed by atoms with van der Waals surface area (Å²) in [5.74, 6) is -0.131. The zero-order chi connectivity index (χ0) is 9.14. The molecule has 1 aromatic heterocycles. The highest BCUT2D eigenvalue weighted by molar-refractivity contribution is 5.90. The third-order valence-corrected chi connectivity index (χ3v) is 1.32. The Balaban J connectivity index is 3.15. The highest BCUT2D eigenvalue weighted by atomic mass is 16.5. The first kappa shape index (κ1) is 8.52. The van der Waals surface area contributed by atoms with Crippen LogP contribution in [-0.2, 0) is 0 Å². The minimum Gasteiger partial charge on any atom is -0.496 e. The highest BCUT2D eigenvalue weighted by Crippen LogP contribution is 2.11. The maximum atomic E-state index is 10.7. The predicted molar refractivity (Wildman–Crippen MR) is 42.9 cm³/mol. The second-order valence-electron chi connectivity index (χ2n) is 2.30. The van der Waals surface area contributed by atoms with Crippen molar-refractivity contribution in [1.82, 2.24) is 4.98 Å². The highest BCUT2D eigenvalue weighted by Gasteiger charge is 2.05. The number of aromatic nitrogens is 1. The van der Waals surface area contributed by atoms with Gasteiger partial charge in [0.15, 0.2) is 0 Å². The van der Waals surface area contributed by atoms with Gasteiger partial charge in [-0.25, -0.2) is 4.98 Å². The SMILES string of the molecule is COc1[c]c(C(N)=O)nc(C)c1. The minimum atomic E-state index is -0.600. The lowest BCUT2D eigenvalue weighted by Gasteiger charge is -2.01. The van der Waals surface area contributed by atoms with Crippen molar-refractivity contribution < 1.29 is 9.53 Å². The van der Waals surface area contributed by atoms with E-state index in [1.165, 1.54) is 7.11 Å². The second-order valence-corrected chi connectivity index (χ2v) is 2.30. The van der Waals surface area contributed by atoms with Crippen LogP contribution in [0, 0.1) is 13.0 Å². The van der Waals surface area contributed by atoms with E-state index < -0.39 is 5.91 Å². The molecule has 0 spiro atoms. The molecule has 0 bridgehead atoms. The number of ether oxygens (including phenoxy) is 1. The van der Waals surface area contributed by atoms with Crippen LogP contribution in [0.3, 0.4) is 0 Å². The van der Waals surface area contributed by atoms with Crippen molar-refractivity contribution in [2.24, 2.45) is 5.73 Å². The standard InChI is InChI=1S/C8H9N2O2/c1-5-3-6(12-2)4-7(10-5)8(9)11/h3H,1-2H3,(H2,9,11). The van der Waals surface area contributed by atoms with Gasteiger partial charge in [0.2, 0.25) is 0 Å². The quantitative estimate of drug-likeness (QED) is 0.685. The third kappa shape index (κ3) is 1.72. The van der Waals surface area contributed by atoms with Gasteiger partial charge in [-0.1, -0.05) is 0 Å². The number of nitrogens with zero attached hydrogens (tertiary/aromatic N) is 1. The molecule has 1 aromatic rings. The Kier molecular flexibility index (Phi) is 2.28. The molecule has 0 atom stereocenters. The molecule has 0 unspecified atom stereocenters. The van der Waals surface area contributed by atoms with E-state index >= 15 is 0 Å². The van der Waals surface area contributed by atoms with Crippen molar-refractivity contribution in [1.29, 1.82) is 0 Å². The molecule has 0 aliphatic carbocycles. The Bertz CT molecular complexity index is 310. The van der Waals surface area contributed by atoms with E-state index in [1.54, 1.807) is 13.0 Å². The van der Waals surface area contributed by atoms with Crippen molar-refractivity contribution >= 4 is 5.91 Å². The van der Waals surface area contributed by atoms with Crippen LogP contribution in [0.15, 0.2) is 6.07 Å². The molecule has 63 valence electrons. The number of amides is 1. The first-order valence-corrected chi connectivity index (χ1v) is 3.38. The number of nitrogens with two attached hydrogens (primary N) is 1. The molecular weight excluding hydrogens is 156 g/mol. The fourth-order valence-corrected chi connectivity index (χ4v) is 0.806. The Morgan fingerprint density at radius 1 is 1.75 bits per heavy atom. The van der Waals surface area contributed by atoms with E-state index in [0.29, 0.717) is 11.4 Å². The summed E-state index contributed by atoms with van der Waals surface area (Å²) in [6, 6.07) is 4.30. The third-order valence-electron chi connectivity index (χ3n) is 1.32. The van der Waals surface area contributed by atoms with E-state index in [2.05, 4.69) is 11.1 Å². The molecule has 1 amide bonds. The van der Waals surface area contributed by atoms with Gasteiger partial charge in [0.05, 0.1) is 13.2 Å². The van der Waals surface area contributed by atoms with Gasteiger partial charge in [0.1, 0.15) is 11.4 Å². The first-order valence-electron chi connectivity index (χ1n) is 3.38. The van der Waals surface area contributed by atoms with E-state index in [9.17, 15) is 4.79 Å². The van der Waals surface area contributed by atoms with Crippen molar-refractivity contribution in [3.05, 3.63) is 23.5 Å². The Hall–Kier alpha value is -1.58. The summed E-state index contributed by atoms with van der Waals surface area (Å²) in [4.78, 5) is 14.6. The fourth-order valence-electron chi connectivity index (χ4n) is 0.806. The number of carbonyl (C=O) groups excluding carboxylic acids is 1. The van der Waals surface area contributed by atoms with Gasteiger partial charge in [-0.05, 0) is 6.92 Å². The van der Waals surface area contributed by atoms with Crippen molar-refractivity contribution in [3.63, 3.8) is 0 Å². The van der Waals surface area contributed by atoms with Gasteiger partial charge in [0, 0.05) is 11.8 Å². The number of pyridine rings is 1. The largest absolute Gasteiger partial charge is 0.496 e. The summed E-state index contributed by atoms with van der Waals surface area (Å²) in [5, 5.41) is 0. The summed E-state index contributed by atoms with van der Waals surface area (Å²) >= 11 is 0. The van der Waals surface area contributed by atoms with Gasteiger partial charge >= 0.3 is 0 Å². The number of methoxy groups -OCH3 is 1. The van der Waals surface area contributed by atoms with Crippen LogP contribution in [0.1, 0.15) is 16.2 Å². The van der Waals surface area contributed by atoms with Crippen molar-refractivity contribution in [2.45, 2.75) is 6.92 Å². The summed E-state index contributed by atoms with van der Waals surface area (Å²) < 4.78 is 4.88. The van der Waals surface area contributed by atoms with E-state index in [1.807, 2.05) is 0 Å². The number of aryl methyl sites for hydroxylation is 1. The normalized spacial score (nSPS) is 9.50. The van der Waals surface area contributed by atoms with Gasteiger partial charge in [-0.2, -0.15) is 0 Å². The monoisotopic (exact) mass is 165 g/mol. The molecule has 2 N–H and O–H groups in total. The van der Waals surface area contributed by atoms with Gasteiger partial charge in [0.25, 0.3) is 5.91 Å². The van der Waals surface area contributed by atoms with Gasteiger partial charge < -0.3 is 10.5 Å². The molecule has 1 heterocycles. The van der Waals surface area contributed by atoms with E-state index in [-0.39, 0.29) is 5.69 Å². The lowest BCUT2D eigenvalue weighted by Crippen LogP contribution is -2.13. The molecule has 0 aliphatic heterocycles. The van der Waals surface area contributed by atoms with Crippen molar-refractivity contribution in [2.75, 3.05) is 7.11 Å². The summed E-state index contributed by atoms with van der Waals surface area (Å²) in [6.07, 6.45) is 0. The van der Waals surface area contributed by atoms with E-state index in [4.69, 9.17) is 10.5 Å². The van der Waals surface area contributed by atoms with Crippen LogP contribution in [0.25, 0.3) is 0 Å². The number of hydrogen-bond donors (Lipinski definition) is 1. The summed E-state index contributed by atoms with van der Waals surface area (Å²) in [5.41, 5.74) is 5.80. The Labute approximate surface area is 70.4 Å². The van der Waals surface area contributed by atoms with Crippen LogP contribution in [0.4, 0.5) is 0 Å². The lowest BCUT2D eigenvalue weighted by molar-refractivity contribution is 0.0994. The Morgan fingerprint density at radius 3 is 2.92 bits per heavy atom. The minimum absolute atomic E-state index is 0.104. The molecule has 0 saturated heterocycles. The molecule has 4 heteroatoms. The molecule has 0 aromatic carbocycles. The molecule has 0 fully saturated rings. The number of primary amides is 1. The van der Waals surface area contributed by atoms with Crippen molar-refractivity contribution in [3.8, 4) is 5.75 Å². The molecule has 0 saturated carbocycles. The van der Waals surface area contributed by atoms with Crippen LogP contribution in [-0.4, -0.2) is 18.0 Å². The van der Waals surface area contributed by atoms with Crippen LogP contribution in [0.2, 0.25) is 0 Å². The molecule has 1 radical (unpaired) electrons. The number of carbonyl (C=O) groups is 1. The second kappa shape index (κ2) is 3.21. The average Bonchev–Trinajstić information content (AvgIpc) is 2.03. The van der Waals surface area contributed by atoms with Gasteiger partial charge in [-0.15, -0.1) is 0 Å². The van der Waals surface area contributed by atoms with Crippen LogP contribution < -0.4 is 10.5 Å². The maximum Gasteiger partial charge on any atom is 0.268 e. The zero-order valence-electron chi connectivity index (χ0n) is 6.92. The molecule has 0 aliphatic rings. The zero-order valence-corrected chi connectivity index (χ0v) is 6.92. The molecule has 4 nitrogen and oxygen atoms in total. The number of hydrogen-bond acceptors (Lipinski definition) is 3. The van der Waals surface area contributed by atoms with Crippen LogP contribution in [0.5, 0.6) is 5.75 Å². The van der Waals surface area contributed by atoms with E-state index in [0.717, 1.165) is 0 Å². The number of rotatable bonds is 2. The fraction of sp³-hybridized carbons (Fsp3) is 0.250. The molecule has 1 rings (SSSR count). The lowest BCUT2D eigenvalue weighted by atomic mass is 10.3. The smallest absolute Gasteiger partial charge is 0.268 e. The predicted octanol–water partition coefficient (Wildman–Crippen LogP) is 0.298. The maximum absolute atomic E-state index is 10.7. The summed E-state index contributed by atoms with van der Waals surface area (Å²) in [6.45, 7) is 1.75. The topological polar surface area (TPSA) is 65.2 Å². The molecule has 12 heavy (non-hydrogen) atoms. The molecular formula is C8H9N2O2. The Morgan fingerprint density at radius 2 is 2.42 bits per heavy atom. The summed E-state index contributed by atoms with van der Waals surface area (Å²) in [7, 11) is 1.50. The average molecular weight is 165 g/mol. The van der Waals surface area contributed by atoms with Gasteiger partial charge in [-0.3, -0.25) is 4.79 Å².